The van der Waals surface area contributed by atoms with Crippen LogP contribution in [0.3, 0.4) is 0 Å². The average Bonchev–Trinajstić information content (AvgIpc) is 2.72. The standard InChI is InChI=1S/C10H19NO4/c1-14-10(13)9-2-3-11(8-9)4-6-15-7-5-12/h9,12H,2-8H2,1H3. The van der Waals surface area contributed by atoms with Crippen molar-refractivity contribution >= 4 is 5.97 Å². The SMILES string of the molecule is COC(=O)C1CCN(CCOCCO)C1. The van der Waals surface area contributed by atoms with E-state index in [1.165, 1.54) is 7.11 Å². The van der Waals surface area contributed by atoms with Crippen LogP contribution < -0.4 is 0 Å². The van der Waals surface area contributed by atoms with Crippen LogP contribution >= 0.6 is 0 Å². The van der Waals surface area contributed by atoms with Crippen LogP contribution in [0.1, 0.15) is 6.42 Å². The Morgan fingerprint density at radius 3 is 3.00 bits per heavy atom. The molecule has 0 aromatic rings. The van der Waals surface area contributed by atoms with Crippen LogP contribution in [-0.2, 0) is 14.3 Å². The first-order valence-electron chi connectivity index (χ1n) is 5.26. The molecular formula is C10H19NO4. The summed E-state index contributed by atoms with van der Waals surface area (Å²) < 4.78 is 9.85. The first-order chi connectivity index (χ1) is 7.27. The highest BCUT2D eigenvalue weighted by Crippen LogP contribution is 2.16. The van der Waals surface area contributed by atoms with E-state index in [0.29, 0.717) is 13.2 Å². The Hall–Kier alpha value is -0.650. The smallest absolute Gasteiger partial charge is 0.310 e. The molecule has 0 radical (unpaired) electrons. The zero-order valence-corrected chi connectivity index (χ0v) is 9.15. The van der Waals surface area contributed by atoms with E-state index in [1.54, 1.807) is 0 Å². The lowest BCUT2D eigenvalue weighted by Gasteiger charge is -2.14. The first-order valence-corrected chi connectivity index (χ1v) is 5.26. The summed E-state index contributed by atoms with van der Waals surface area (Å²) in [6, 6.07) is 0. The molecule has 1 fully saturated rings. The van der Waals surface area contributed by atoms with Gasteiger partial charge in [-0.15, -0.1) is 0 Å². The van der Waals surface area contributed by atoms with Crippen molar-refractivity contribution in [2.45, 2.75) is 6.42 Å². The Bertz CT molecular complexity index is 198. The molecule has 1 saturated heterocycles. The van der Waals surface area contributed by atoms with Gasteiger partial charge < -0.3 is 19.5 Å². The number of hydrogen-bond donors (Lipinski definition) is 1. The minimum atomic E-state index is -0.117. The Morgan fingerprint density at radius 2 is 2.33 bits per heavy atom. The van der Waals surface area contributed by atoms with Gasteiger partial charge in [0.1, 0.15) is 0 Å². The van der Waals surface area contributed by atoms with Gasteiger partial charge in [-0.1, -0.05) is 0 Å². The van der Waals surface area contributed by atoms with E-state index in [2.05, 4.69) is 4.90 Å². The topological polar surface area (TPSA) is 59.0 Å². The molecule has 5 nitrogen and oxygen atoms in total. The fourth-order valence-corrected chi connectivity index (χ4v) is 1.76. The lowest BCUT2D eigenvalue weighted by molar-refractivity contribution is -0.144. The van der Waals surface area contributed by atoms with Gasteiger partial charge in [0.05, 0.1) is 32.8 Å². The Kier molecular flexibility index (Phi) is 5.60. The number of rotatable bonds is 6. The normalized spacial score (nSPS) is 21.9. The van der Waals surface area contributed by atoms with Crippen molar-refractivity contribution in [3.63, 3.8) is 0 Å². The van der Waals surface area contributed by atoms with Crippen molar-refractivity contribution in [1.82, 2.24) is 4.90 Å². The molecule has 1 rings (SSSR count). The van der Waals surface area contributed by atoms with Crippen molar-refractivity contribution < 1.29 is 19.4 Å². The molecule has 1 atom stereocenters. The van der Waals surface area contributed by atoms with Gasteiger partial charge in [0.2, 0.25) is 0 Å². The molecule has 0 amide bonds. The van der Waals surface area contributed by atoms with E-state index < -0.39 is 0 Å². The maximum Gasteiger partial charge on any atom is 0.310 e. The molecule has 0 aliphatic carbocycles. The number of carbonyl (C=O) groups is 1. The van der Waals surface area contributed by atoms with E-state index >= 15 is 0 Å². The molecule has 88 valence electrons. The highest BCUT2D eigenvalue weighted by molar-refractivity contribution is 5.72. The Morgan fingerprint density at radius 1 is 1.53 bits per heavy atom. The largest absolute Gasteiger partial charge is 0.469 e. The number of likely N-dealkylation sites (tertiary alicyclic amines) is 1. The Balaban J connectivity index is 2.11. The van der Waals surface area contributed by atoms with Gasteiger partial charge in [-0.05, 0) is 13.0 Å². The minimum absolute atomic E-state index is 0.0211. The van der Waals surface area contributed by atoms with E-state index in [9.17, 15) is 4.79 Å². The fraction of sp³-hybridized carbons (Fsp3) is 0.900. The monoisotopic (exact) mass is 217 g/mol. The number of aliphatic hydroxyl groups excluding tert-OH is 1. The van der Waals surface area contributed by atoms with Crippen molar-refractivity contribution in [3.8, 4) is 0 Å². The van der Waals surface area contributed by atoms with Crippen LogP contribution in [0.5, 0.6) is 0 Å². The predicted molar refractivity (Wildman–Crippen MR) is 54.5 cm³/mol. The summed E-state index contributed by atoms with van der Waals surface area (Å²) in [7, 11) is 1.43. The molecule has 1 aliphatic rings. The average molecular weight is 217 g/mol. The van der Waals surface area contributed by atoms with Crippen LogP contribution in [0, 0.1) is 5.92 Å². The summed E-state index contributed by atoms with van der Waals surface area (Å²) in [5.41, 5.74) is 0. The number of carbonyl (C=O) groups excluding carboxylic acids is 1. The molecule has 15 heavy (non-hydrogen) atoms. The molecule has 0 saturated carbocycles. The second-order valence-electron chi connectivity index (χ2n) is 3.65. The number of ether oxygens (including phenoxy) is 2. The molecule has 0 spiro atoms. The van der Waals surface area contributed by atoms with Crippen molar-refractivity contribution in [2.24, 2.45) is 5.92 Å². The Labute approximate surface area is 90.0 Å². The number of aliphatic hydroxyl groups is 1. The van der Waals surface area contributed by atoms with E-state index in [4.69, 9.17) is 14.6 Å². The van der Waals surface area contributed by atoms with Crippen LogP contribution in [0.4, 0.5) is 0 Å². The molecule has 0 aromatic carbocycles. The van der Waals surface area contributed by atoms with Gasteiger partial charge in [-0.25, -0.2) is 0 Å². The van der Waals surface area contributed by atoms with Crippen molar-refractivity contribution in [2.75, 3.05) is 46.6 Å². The molecular weight excluding hydrogens is 198 g/mol. The minimum Gasteiger partial charge on any atom is -0.469 e. The van der Waals surface area contributed by atoms with E-state index in [-0.39, 0.29) is 18.5 Å². The van der Waals surface area contributed by atoms with E-state index in [0.717, 1.165) is 26.1 Å². The lowest BCUT2D eigenvalue weighted by Crippen LogP contribution is -2.27. The number of methoxy groups -OCH3 is 1. The predicted octanol–water partition coefficient (Wildman–Crippen LogP) is -0.510. The highest BCUT2D eigenvalue weighted by atomic mass is 16.5. The summed E-state index contributed by atoms with van der Waals surface area (Å²) in [4.78, 5) is 13.4. The van der Waals surface area contributed by atoms with Gasteiger partial charge in [-0.2, -0.15) is 0 Å². The van der Waals surface area contributed by atoms with Crippen LogP contribution in [0.2, 0.25) is 0 Å². The van der Waals surface area contributed by atoms with Gasteiger partial charge in [0.15, 0.2) is 0 Å². The molecule has 1 heterocycles. The number of esters is 1. The summed E-state index contributed by atoms with van der Waals surface area (Å²) in [6.07, 6.45) is 0.868. The second kappa shape index (κ2) is 6.76. The van der Waals surface area contributed by atoms with Gasteiger partial charge >= 0.3 is 5.97 Å². The zero-order valence-electron chi connectivity index (χ0n) is 9.15. The third-order valence-corrected chi connectivity index (χ3v) is 2.59. The molecule has 1 N–H and O–H groups in total. The highest BCUT2D eigenvalue weighted by Gasteiger charge is 2.28. The van der Waals surface area contributed by atoms with Gasteiger partial charge in [-0.3, -0.25) is 4.79 Å². The summed E-state index contributed by atoms with van der Waals surface area (Å²) >= 11 is 0. The molecule has 1 unspecified atom stereocenters. The first kappa shape index (κ1) is 12.4. The molecule has 1 aliphatic heterocycles. The summed E-state index contributed by atoms with van der Waals surface area (Å²) in [6.45, 7) is 3.54. The number of nitrogens with zero attached hydrogens (tertiary/aromatic N) is 1. The summed E-state index contributed by atoms with van der Waals surface area (Å²) in [5.74, 6) is -0.0957. The number of hydrogen-bond acceptors (Lipinski definition) is 5. The zero-order chi connectivity index (χ0) is 11.1. The maximum atomic E-state index is 11.2. The lowest BCUT2D eigenvalue weighted by atomic mass is 10.1. The van der Waals surface area contributed by atoms with Crippen molar-refractivity contribution in [1.29, 1.82) is 0 Å². The molecule has 0 bridgehead atoms. The van der Waals surface area contributed by atoms with Crippen molar-refractivity contribution in [3.05, 3.63) is 0 Å². The van der Waals surface area contributed by atoms with E-state index in [1.807, 2.05) is 0 Å². The third kappa shape index (κ3) is 4.15. The molecule has 0 aromatic heterocycles. The summed E-state index contributed by atoms with van der Waals surface area (Å²) in [5, 5.41) is 8.51. The van der Waals surface area contributed by atoms with Gasteiger partial charge in [0.25, 0.3) is 0 Å². The maximum absolute atomic E-state index is 11.2. The molecule has 5 heteroatoms. The van der Waals surface area contributed by atoms with Gasteiger partial charge in [0, 0.05) is 13.1 Å². The van der Waals surface area contributed by atoms with Crippen LogP contribution in [-0.4, -0.2) is 62.5 Å². The fourth-order valence-electron chi connectivity index (χ4n) is 1.76. The van der Waals surface area contributed by atoms with Crippen LogP contribution in [0.25, 0.3) is 0 Å². The third-order valence-electron chi connectivity index (χ3n) is 2.59. The van der Waals surface area contributed by atoms with Crippen LogP contribution in [0.15, 0.2) is 0 Å². The quantitative estimate of drug-likeness (QED) is 0.479. The second-order valence-corrected chi connectivity index (χ2v) is 3.65.